The number of nitrogens with one attached hydrogen (secondary N) is 1. The van der Waals surface area contributed by atoms with E-state index in [-0.39, 0.29) is 11.9 Å². The predicted octanol–water partition coefficient (Wildman–Crippen LogP) is 3.78. The van der Waals surface area contributed by atoms with Crippen LogP contribution in [0.5, 0.6) is 0 Å². The number of rotatable bonds is 4. The average molecular weight is 298 g/mol. The Bertz CT molecular complexity index is 742. The number of furan rings is 1. The van der Waals surface area contributed by atoms with Crippen LogP contribution in [-0.2, 0) is 4.79 Å². The molecule has 1 aromatic carbocycles. The predicted molar refractivity (Wildman–Crippen MR) is 83.9 cm³/mol. The summed E-state index contributed by atoms with van der Waals surface area (Å²) < 4.78 is 6.36. The summed E-state index contributed by atoms with van der Waals surface area (Å²) >= 11 is 1.56. The summed E-state index contributed by atoms with van der Waals surface area (Å²) in [4.78, 5) is 16.3. The second-order valence-corrected chi connectivity index (χ2v) is 5.66. The van der Waals surface area contributed by atoms with Gasteiger partial charge >= 0.3 is 0 Å². The minimum absolute atomic E-state index is 0.160. The quantitative estimate of drug-likeness (QED) is 0.746. The Labute approximate surface area is 126 Å². The number of para-hydroxylation sites is 1. The van der Waals surface area contributed by atoms with Crippen molar-refractivity contribution in [3.8, 4) is 0 Å². The largest absolute Gasteiger partial charge is 0.467 e. The summed E-state index contributed by atoms with van der Waals surface area (Å²) in [5.41, 5.74) is 0.950. The normalized spacial score (nSPS) is 12.8. The van der Waals surface area contributed by atoms with Gasteiger partial charge < -0.3 is 9.73 Å². The maximum Gasteiger partial charge on any atom is 0.244 e. The van der Waals surface area contributed by atoms with E-state index < -0.39 is 0 Å². The zero-order chi connectivity index (χ0) is 14.7. The molecule has 0 radical (unpaired) electrons. The Balaban J connectivity index is 1.66. The number of amides is 1. The zero-order valence-electron chi connectivity index (χ0n) is 11.4. The zero-order valence-corrected chi connectivity index (χ0v) is 12.3. The van der Waals surface area contributed by atoms with Gasteiger partial charge in [0.2, 0.25) is 5.91 Å². The highest BCUT2D eigenvalue weighted by atomic mass is 32.1. The minimum Gasteiger partial charge on any atom is -0.467 e. The highest BCUT2D eigenvalue weighted by Gasteiger charge is 2.09. The Hall–Kier alpha value is -2.40. The third kappa shape index (κ3) is 3.20. The molecule has 0 spiro atoms. The summed E-state index contributed by atoms with van der Waals surface area (Å²) in [5, 5.41) is 3.66. The highest BCUT2D eigenvalue weighted by Crippen LogP contribution is 2.22. The molecule has 4 nitrogen and oxygen atoms in total. The van der Waals surface area contributed by atoms with Gasteiger partial charge in [-0.3, -0.25) is 4.79 Å². The second kappa shape index (κ2) is 5.93. The summed E-state index contributed by atoms with van der Waals surface area (Å²) in [5.74, 6) is 0.565. The van der Waals surface area contributed by atoms with Gasteiger partial charge in [0.25, 0.3) is 0 Å². The number of carbonyl (C=O) groups excluding carboxylic acids is 1. The Morgan fingerprint density at radius 2 is 2.19 bits per heavy atom. The topological polar surface area (TPSA) is 55.1 Å². The number of benzene rings is 1. The van der Waals surface area contributed by atoms with Crippen molar-refractivity contribution in [2.75, 3.05) is 0 Å². The monoisotopic (exact) mass is 298 g/mol. The van der Waals surface area contributed by atoms with E-state index in [4.69, 9.17) is 4.42 Å². The molecule has 0 fully saturated rings. The number of aromatic nitrogens is 1. The summed E-state index contributed by atoms with van der Waals surface area (Å²) in [7, 11) is 0. The van der Waals surface area contributed by atoms with Gasteiger partial charge in [0.1, 0.15) is 10.8 Å². The first kappa shape index (κ1) is 13.6. The van der Waals surface area contributed by atoms with Crippen LogP contribution in [0, 0.1) is 0 Å². The van der Waals surface area contributed by atoms with Crippen molar-refractivity contribution in [2.24, 2.45) is 0 Å². The number of fused-ring (bicyclic) bond motifs is 1. The molecule has 21 heavy (non-hydrogen) atoms. The lowest BCUT2D eigenvalue weighted by Crippen LogP contribution is -2.24. The van der Waals surface area contributed by atoms with Crippen LogP contribution in [-0.4, -0.2) is 10.9 Å². The van der Waals surface area contributed by atoms with Crippen molar-refractivity contribution in [3.63, 3.8) is 0 Å². The summed E-state index contributed by atoms with van der Waals surface area (Å²) in [6, 6.07) is 11.4. The third-order valence-corrected chi connectivity index (χ3v) is 4.02. The van der Waals surface area contributed by atoms with Gasteiger partial charge in [0, 0.05) is 6.08 Å². The molecular weight excluding hydrogens is 284 g/mol. The molecule has 1 unspecified atom stereocenters. The molecule has 1 N–H and O–H groups in total. The number of nitrogens with zero attached hydrogens (tertiary/aromatic N) is 1. The first-order valence-corrected chi connectivity index (χ1v) is 7.41. The fourth-order valence-electron chi connectivity index (χ4n) is 1.98. The van der Waals surface area contributed by atoms with E-state index in [1.807, 2.05) is 37.3 Å². The molecule has 2 aromatic heterocycles. The molecular formula is C16H14N2O2S. The molecule has 0 aliphatic rings. The van der Waals surface area contributed by atoms with E-state index >= 15 is 0 Å². The van der Waals surface area contributed by atoms with Crippen LogP contribution in [0.1, 0.15) is 23.7 Å². The van der Waals surface area contributed by atoms with Crippen LogP contribution in [0.3, 0.4) is 0 Å². The molecule has 0 aliphatic carbocycles. The molecule has 0 saturated carbocycles. The van der Waals surface area contributed by atoms with E-state index in [0.717, 1.165) is 21.0 Å². The van der Waals surface area contributed by atoms with Gasteiger partial charge in [-0.25, -0.2) is 4.98 Å². The van der Waals surface area contributed by atoms with Gasteiger partial charge in [-0.1, -0.05) is 12.1 Å². The van der Waals surface area contributed by atoms with E-state index in [1.54, 1.807) is 29.7 Å². The first-order valence-electron chi connectivity index (χ1n) is 6.60. The number of thiazole rings is 1. The molecule has 0 saturated heterocycles. The number of carbonyl (C=O) groups is 1. The van der Waals surface area contributed by atoms with Crippen LogP contribution in [0.15, 0.2) is 53.2 Å². The van der Waals surface area contributed by atoms with Gasteiger partial charge in [-0.2, -0.15) is 0 Å². The van der Waals surface area contributed by atoms with E-state index in [1.165, 1.54) is 6.08 Å². The molecule has 1 atom stereocenters. The Morgan fingerprint density at radius 1 is 1.33 bits per heavy atom. The van der Waals surface area contributed by atoms with Crippen molar-refractivity contribution in [1.29, 1.82) is 0 Å². The SMILES string of the molecule is CC(NC(=O)C=Cc1nc2ccccc2s1)c1ccco1. The van der Waals surface area contributed by atoms with Gasteiger partial charge in [0.05, 0.1) is 22.5 Å². The lowest BCUT2D eigenvalue weighted by atomic mass is 10.2. The van der Waals surface area contributed by atoms with E-state index in [0.29, 0.717) is 0 Å². The molecule has 106 valence electrons. The number of hydrogen-bond donors (Lipinski definition) is 1. The number of hydrogen-bond acceptors (Lipinski definition) is 4. The Kier molecular flexibility index (Phi) is 3.83. The van der Waals surface area contributed by atoms with E-state index in [9.17, 15) is 4.79 Å². The molecule has 0 aliphatic heterocycles. The first-order chi connectivity index (χ1) is 10.2. The molecule has 5 heteroatoms. The lowest BCUT2D eigenvalue weighted by Gasteiger charge is -2.08. The molecule has 0 bridgehead atoms. The maximum absolute atomic E-state index is 11.9. The molecule has 3 rings (SSSR count). The van der Waals surface area contributed by atoms with Crippen LogP contribution >= 0.6 is 11.3 Å². The average Bonchev–Trinajstić information content (AvgIpc) is 3.14. The fourth-order valence-corrected chi connectivity index (χ4v) is 2.85. The lowest BCUT2D eigenvalue weighted by molar-refractivity contribution is -0.117. The van der Waals surface area contributed by atoms with Crippen LogP contribution in [0.25, 0.3) is 16.3 Å². The van der Waals surface area contributed by atoms with Crippen molar-refractivity contribution in [3.05, 3.63) is 59.5 Å². The molecule has 1 amide bonds. The summed E-state index contributed by atoms with van der Waals surface area (Å²) in [6.45, 7) is 1.88. The van der Waals surface area contributed by atoms with Gasteiger partial charge in [-0.15, -0.1) is 11.3 Å². The maximum atomic E-state index is 11.9. The smallest absolute Gasteiger partial charge is 0.244 e. The van der Waals surface area contributed by atoms with Crippen LogP contribution in [0.4, 0.5) is 0 Å². The highest BCUT2D eigenvalue weighted by molar-refractivity contribution is 7.19. The standard InChI is InChI=1S/C16H14N2O2S/c1-11(13-6-4-10-20-13)17-15(19)8-9-16-18-12-5-2-3-7-14(12)21-16/h2-11H,1H3,(H,17,19). The van der Waals surface area contributed by atoms with Crippen molar-refractivity contribution in [1.82, 2.24) is 10.3 Å². The molecule has 3 aromatic rings. The van der Waals surface area contributed by atoms with Gasteiger partial charge in [0.15, 0.2) is 0 Å². The van der Waals surface area contributed by atoms with Gasteiger partial charge in [-0.05, 0) is 37.3 Å². The van der Waals surface area contributed by atoms with Crippen molar-refractivity contribution < 1.29 is 9.21 Å². The summed E-state index contributed by atoms with van der Waals surface area (Å²) in [6.07, 6.45) is 4.82. The van der Waals surface area contributed by atoms with Crippen LogP contribution in [0.2, 0.25) is 0 Å². The second-order valence-electron chi connectivity index (χ2n) is 4.60. The minimum atomic E-state index is -0.168. The van der Waals surface area contributed by atoms with Crippen molar-refractivity contribution in [2.45, 2.75) is 13.0 Å². The third-order valence-electron chi connectivity index (χ3n) is 3.02. The van der Waals surface area contributed by atoms with Crippen molar-refractivity contribution >= 4 is 33.5 Å². The Morgan fingerprint density at radius 3 is 2.95 bits per heavy atom. The van der Waals surface area contributed by atoms with E-state index in [2.05, 4.69) is 10.3 Å². The fraction of sp³-hybridized carbons (Fsp3) is 0.125. The van der Waals surface area contributed by atoms with Crippen LogP contribution < -0.4 is 5.32 Å². The molecule has 2 heterocycles.